The van der Waals surface area contributed by atoms with Gasteiger partial charge in [0.1, 0.15) is 0 Å². The average molecular weight is 289 g/mol. The van der Waals surface area contributed by atoms with Gasteiger partial charge in [-0.05, 0) is 37.8 Å². The van der Waals surface area contributed by atoms with Gasteiger partial charge in [-0.15, -0.1) is 0 Å². The molecular formula is C12H21ClN4O2. The highest BCUT2D eigenvalue weighted by atomic mass is 35.5. The molecule has 1 aromatic rings. The molecule has 7 heteroatoms. The molecule has 6 nitrogen and oxygen atoms in total. The fourth-order valence-electron chi connectivity index (χ4n) is 1.51. The summed E-state index contributed by atoms with van der Waals surface area (Å²) in [6.45, 7) is 8.21. The summed E-state index contributed by atoms with van der Waals surface area (Å²) >= 11 is 5.79. The van der Waals surface area contributed by atoms with Crippen LogP contribution in [0.4, 0.5) is 5.95 Å². The minimum absolute atomic E-state index is 0.0437. The standard InChI is InChI=1S/C12H21ClN4O2/c1-7(2)5-9(18)6-14-11-15-10(13)16-12(17-11)19-8(3)4/h7-9,18H,5-6H2,1-4H3,(H,14,15,16,17). The van der Waals surface area contributed by atoms with E-state index in [1.54, 1.807) is 0 Å². The van der Waals surface area contributed by atoms with Gasteiger partial charge in [0.05, 0.1) is 12.2 Å². The molecule has 1 aromatic heterocycles. The molecule has 0 aliphatic heterocycles. The van der Waals surface area contributed by atoms with Crippen molar-refractivity contribution in [2.45, 2.75) is 46.3 Å². The summed E-state index contributed by atoms with van der Waals surface area (Å²) in [6.07, 6.45) is 0.212. The zero-order valence-electron chi connectivity index (χ0n) is 11.7. The Kier molecular flexibility index (Phi) is 6.24. The van der Waals surface area contributed by atoms with Crippen LogP contribution in [0.25, 0.3) is 0 Å². The van der Waals surface area contributed by atoms with E-state index in [0.29, 0.717) is 24.8 Å². The lowest BCUT2D eigenvalue weighted by atomic mass is 10.1. The van der Waals surface area contributed by atoms with Crippen LogP contribution in [-0.2, 0) is 0 Å². The summed E-state index contributed by atoms with van der Waals surface area (Å²) in [7, 11) is 0. The smallest absolute Gasteiger partial charge is 0.322 e. The van der Waals surface area contributed by atoms with Crippen LogP contribution in [0.2, 0.25) is 5.28 Å². The molecular weight excluding hydrogens is 268 g/mol. The topological polar surface area (TPSA) is 80.2 Å². The van der Waals surface area contributed by atoms with E-state index in [2.05, 4.69) is 34.1 Å². The van der Waals surface area contributed by atoms with Crippen LogP contribution >= 0.6 is 11.6 Å². The van der Waals surface area contributed by atoms with E-state index in [4.69, 9.17) is 16.3 Å². The fourth-order valence-corrected chi connectivity index (χ4v) is 1.66. The van der Waals surface area contributed by atoms with Gasteiger partial charge in [0.2, 0.25) is 11.2 Å². The lowest BCUT2D eigenvalue weighted by Crippen LogP contribution is -2.22. The Bertz CT molecular complexity index is 401. The molecule has 0 saturated carbocycles. The molecule has 0 aliphatic carbocycles. The highest BCUT2D eigenvalue weighted by Gasteiger charge is 2.10. The third kappa shape index (κ3) is 6.54. The molecule has 0 saturated heterocycles. The first kappa shape index (κ1) is 15.9. The molecule has 108 valence electrons. The van der Waals surface area contributed by atoms with E-state index in [0.717, 1.165) is 0 Å². The summed E-state index contributed by atoms with van der Waals surface area (Å²) in [5.74, 6) is 0.733. The molecule has 2 N–H and O–H groups in total. The predicted molar refractivity (Wildman–Crippen MR) is 74.6 cm³/mol. The van der Waals surface area contributed by atoms with E-state index in [1.165, 1.54) is 0 Å². The van der Waals surface area contributed by atoms with Crippen molar-refractivity contribution in [2.24, 2.45) is 5.92 Å². The molecule has 1 heterocycles. The minimum Gasteiger partial charge on any atom is -0.461 e. The molecule has 1 unspecified atom stereocenters. The molecule has 1 rings (SSSR count). The molecule has 0 spiro atoms. The number of nitrogens with zero attached hydrogens (tertiary/aromatic N) is 3. The van der Waals surface area contributed by atoms with E-state index in [1.807, 2.05) is 13.8 Å². The monoisotopic (exact) mass is 288 g/mol. The number of ether oxygens (including phenoxy) is 1. The van der Waals surface area contributed by atoms with Gasteiger partial charge in [-0.1, -0.05) is 13.8 Å². The Morgan fingerprint density at radius 3 is 2.47 bits per heavy atom. The normalized spacial score (nSPS) is 12.8. The van der Waals surface area contributed by atoms with Crippen molar-refractivity contribution in [2.75, 3.05) is 11.9 Å². The van der Waals surface area contributed by atoms with Crippen LogP contribution in [0.15, 0.2) is 0 Å². The first-order valence-electron chi connectivity index (χ1n) is 6.37. The molecule has 0 radical (unpaired) electrons. The molecule has 0 aromatic carbocycles. The Morgan fingerprint density at radius 2 is 1.89 bits per heavy atom. The van der Waals surface area contributed by atoms with Gasteiger partial charge in [-0.3, -0.25) is 0 Å². The lowest BCUT2D eigenvalue weighted by molar-refractivity contribution is 0.161. The second-order valence-electron chi connectivity index (χ2n) is 5.04. The Hall–Kier alpha value is -1.14. The molecule has 19 heavy (non-hydrogen) atoms. The largest absolute Gasteiger partial charge is 0.461 e. The van der Waals surface area contributed by atoms with Crippen LogP contribution in [0.3, 0.4) is 0 Å². The highest BCUT2D eigenvalue weighted by Crippen LogP contribution is 2.13. The number of hydrogen-bond acceptors (Lipinski definition) is 6. The van der Waals surface area contributed by atoms with Crippen molar-refractivity contribution >= 4 is 17.5 Å². The molecule has 1 atom stereocenters. The first-order valence-corrected chi connectivity index (χ1v) is 6.74. The van der Waals surface area contributed by atoms with Gasteiger partial charge >= 0.3 is 6.01 Å². The maximum absolute atomic E-state index is 9.77. The summed E-state index contributed by atoms with van der Waals surface area (Å²) in [5.41, 5.74) is 0. The van der Waals surface area contributed by atoms with E-state index in [9.17, 15) is 5.11 Å². The number of aliphatic hydroxyl groups is 1. The zero-order chi connectivity index (χ0) is 14.4. The van der Waals surface area contributed by atoms with Crippen molar-refractivity contribution in [3.63, 3.8) is 0 Å². The number of nitrogens with one attached hydrogen (secondary N) is 1. The van der Waals surface area contributed by atoms with Gasteiger partial charge in [0.15, 0.2) is 0 Å². The number of aromatic nitrogens is 3. The SMILES string of the molecule is CC(C)CC(O)CNc1nc(Cl)nc(OC(C)C)n1. The Labute approximate surface area is 118 Å². The highest BCUT2D eigenvalue weighted by molar-refractivity contribution is 6.28. The quantitative estimate of drug-likeness (QED) is 0.800. The number of aliphatic hydroxyl groups excluding tert-OH is 1. The fraction of sp³-hybridized carbons (Fsp3) is 0.750. The van der Waals surface area contributed by atoms with Crippen molar-refractivity contribution in [1.29, 1.82) is 0 Å². The van der Waals surface area contributed by atoms with Crippen molar-refractivity contribution < 1.29 is 9.84 Å². The second-order valence-corrected chi connectivity index (χ2v) is 5.38. The van der Waals surface area contributed by atoms with Gasteiger partial charge in [-0.2, -0.15) is 15.0 Å². The average Bonchev–Trinajstić information content (AvgIpc) is 2.23. The van der Waals surface area contributed by atoms with Gasteiger partial charge < -0.3 is 15.2 Å². The third-order valence-electron chi connectivity index (χ3n) is 2.17. The maximum Gasteiger partial charge on any atom is 0.322 e. The molecule has 0 bridgehead atoms. The molecule has 0 aliphatic rings. The lowest BCUT2D eigenvalue weighted by Gasteiger charge is -2.14. The summed E-state index contributed by atoms with van der Waals surface area (Å²) < 4.78 is 5.36. The van der Waals surface area contributed by atoms with Crippen molar-refractivity contribution in [1.82, 2.24) is 15.0 Å². The van der Waals surface area contributed by atoms with Crippen molar-refractivity contribution in [3.05, 3.63) is 5.28 Å². The number of anilines is 1. The number of halogens is 1. The predicted octanol–water partition coefficient (Wildman–Crippen LogP) is 2.13. The van der Waals surface area contributed by atoms with Gasteiger partial charge in [0, 0.05) is 6.54 Å². The van der Waals surface area contributed by atoms with Crippen LogP contribution in [0.5, 0.6) is 6.01 Å². The van der Waals surface area contributed by atoms with E-state index in [-0.39, 0.29) is 17.4 Å². The number of rotatable bonds is 7. The first-order chi connectivity index (χ1) is 8.86. The Morgan fingerprint density at radius 1 is 1.21 bits per heavy atom. The summed E-state index contributed by atoms with van der Waals surface area (Å²) in [5, 5.41) is 12.8. The van der Waals surface area contributed by atoms with Crippen LogP contribution in [-0.4, -0.2) is 38.8 Å². The summed E-state index contributed by atoms with van der Waals surface area (Å²) in [6, 6.07) is 0.177. The van der Waals surface area contributed by atoms with E-state index < -0.39 is 6.10 Å². The van der Waals surface area contributed by atoms with Gasteiger partial charge in [0.25, 0.3) is 0 Å². The van der Waals surface area contributed by atoms with Crippen molar-refractivity contribution in [3.8, 4) is 6.01 Å². The number of hydrogen-bond donors (Lipinski definition) is 2. The van der Waals surface area contributed by atoms with Crippen LogP contribution < -0.4 is 10.1 Å². The van der Waals surface area contributed by atoms with Gasteiger partial charge in [-0.25, -0.2) is 0 Å². The van der Waals surface area contributed by atoms with Crippen LogP contribution in [0, 0.1) is 5.92 Å². The van der Waals surface area contributed by atoms with E-state index >= 15 is 0 Å². The zero-order valence-corrected chi connectivity index (χ0v) is 12.5. The summed E-state index contributed by atoms with van der Waals surface area (Å²) in [4.78, 5) is 11.9. The Balaban J connectivity index is 2.60. The second kappa shape index (κ2) is 7.45. The van der Waals surface area contributed by atoms with Crippen LogP contribution in [0.1, 0.15) is 34.1 Å². The molecule has 0 amide bonds. The maximum atomic E-state index is 9.77. The minimum atomic E-state index is -0.454. The molecule has 0 fully saturated rings. The third-order valence-corrected chi connectivity index (χ3v) is 2.34.